The molecule has 3 N–H and O–H groups in total. The predicted molar refractivity (Wildman–Crippen MR) is 126 cm³/mol. The second-order valence-corrected chi connectivity index (χ2v) is 7.89. The first-order valence-electron chi connectivity index (χ1n) is 10.9. The zero-order valence-corrected chi connectivity index (χ0v) is 18.1. The van der Waals surface area contributed by atoms with Crippen molar-refractivity contribution in [2.45, 2.75) is 6.04 Å². The van der Waals surface area contributed by atoms with Crippen molar-refractivity contribution >= 4 is 34.3 Å². The van der Waals surface area contributed by atoms with Crippen molar-refractivity contribution in [3.8, 4) is 0 Å². The van der Waals surface area contributed by atoms with E-state index < -0.39 is 11.8 Å². The van der Waals surface area contributed by atoms with Crippen LogP contribution in [0.4, 0.5) is 20.6 Å². The van der Waals surface area contributed by atoms with Gasteiger partial charge in [0.2, 0.25) is 0 Å². The SMILES string of the molecule is O=C(Nc1ccc(C2CNCCN2C(=O)Nc2ccccc2F)nc1)c1coc2ccccc12. The Bertz CT molecular complexity index is 1340. The van der Waals surface area contributed by atoms with Crippen molar-refractivity contribution in [2.24, 2.45) is 0 Å². The Kier molecular flexibility index (Phi) is 5.92. The van der Waals surface area contributed by atoms with Gasteiger partial charge in [-0.1, -0.05) is 30.3 Å². The number of fused-ring (bicyclic) bond motifs is 1. The summed E-state index contributed by atoms with van der Waals surface area (Å²) in [6.07, 6.45) is 2.98. The summed E-state index contributed by atoms with van der Waals surface area (Å²) in [5.41, 5.74) is 2.38. The van der Waals surface area contributed by atoms with Crippen LogP contribution >= 0.6 is 0 Å². The van der Waals surface area contributed by atoms with Gasteiger partial charge in [0.15, 0.2) is 0 Å². The molecule has 1 fully saturated rings. The Balaban J connectivity index is 1.30. The van der Waals surface area contributed by atoms with Crippen LogP contribution in [0.25, 0.3) is 11.0 Å². The number of carbonyl (C=O) groups is 2. The summed E-state index contributed by atoms with van der Waals surface area (Å²) in [7, 11) is 0. The number of hydrogen-bond acceptors (Lipinski definition) is 5. The van der Waals surface area contributed by atoms with E-state index in [1.807, 2.05) is 18.2 Å². The number of halogens is 1. The highest BCUT2D eigenvalue weighted by molar-refractivity contribution is 6.12. The topological polar surface area (TPSA) is 99.5 Å². The molecule has 4 aromatic rings. The highest BCUT2D eigenvalue weighted by Crippen LogP contribution is 2.25. The first-order valence-corrected chi connectivity index (χ1v) is 10.9. The quantitative estimate of drug-likeness (QED) is 0.420. The highest BCUT2D eigenvalue weighted by Gasteiger charge is 2.29. The van der Waals surface area contributed by atoms with Gasteiger partial charge in [-0.05, 0) is 30.3 Å². The van der Waals surface area contributed by atoms with Crippen LogP contribution in [0.15, 0.2) is 77.5 Å². The van der Waals surface area contributed by atoms with E-state index in [1.54, 1.807) is 41.4 Å². The average molecular weight is 459 g/mol. The van der Waals surface area contributed by atoms with Crippen molar-refractivity contribution in [1.29, 1.82) is 0 Å². The van der Waals surface area contributed by atoms with Gasteiger partial charge in [0.05, 0.1) is 34.9 Å². The van der Waals surface area contributed by atoms with Gasteiger partial charge in [-0.25, -0.2) is 9.18 Å². The van der Waals surface area contributed by atoms with Crippen molar-refractivity contribution in [1.82, 2.24) is 15.2 Å². The number of anilines is 2. The van der Waals surface area contributed by atoms with Gasteiger partial charge in [-0.3, -0.25) is 9.78 Å². The normalized spacial score (nSPS) is 15.8. The number of aromatic nitrogens is 1. The third-order valence-electron chi connectivity index (χ3n) is 5.73. The molecule has 1 atom stereocenters. The first kappa shape index (κ1) is 21.6. The lowest BCUT2D eigenvalue weighted by Crippen LogP contribution is -2.50. The monoisotopic (exact) mass is 459 g/mol. The molecule has 2 aromatic carbocycles. The van der Waals surface area contributed by atoms with E-state index in [1.165, 1.54) is 18.4 Å². The maximum absolute atomic E-state index is 14.0. The molecule has 9 heteroatoms. The molecule has 0 spiro atoms. The molecular weight excluding hydrogens is 437 g/mol. The van der Waals surface area contributed by atoms with Crippen molar-refractivity contribution in [2.75, 3.05) is 30.3 Å². The molecule has 1 aliphatic rings. The zero-order chi connectivity index (χ0) is 23.5. The molecule has 0 bridgehead atoms. The van der Waals surface area contributed by atoms with Crippen LogP contribution in [-0.4, -0.2) is 41.5 Å². The van der Waals surface area contributed by atoms with Crippen molar-refractivity contribution in [3.63, 3.8) is 0 Å². The lowest BCUT2D eigenvalue weighted by atomic mass is 10.1. The van der Waals surface area contributed by atoms with E-state index >= 15 is 0 Å². The standard InChI is InChI=1S/C25H22FN5O3/c26-19-6-2-3-7-20(19)30-25(33)31-12-11-27-14-22(31)21-10-9-16(13-28-21)29-24(32)18-15-34-23-8-4-1-5-17(18)23/h1-10,13,15,22,27H,11-12,14H2,(H,29,32)(H,30,33). The molecule has 3 amide bonds. The fourth-order valence-electron chi connectivity index (χ4n) is 3.99. The fourth-order valence-corrected chi connectivity index (χ4v) is 3.99. The minimum atomic E-state index is -0.494. The maximum atomic E-state index is 14.0. The summed E-state index contributed by atoms with van der Waals surface area (Å²) < 4.78 is 19.4. The Morgan fingerprint density at radius 1 is 1.06 bits per heavy atom. The number of carbonyl (C=O) groups excluding carboxylic acids is 2. The molecule has 1 aliphatic heterocycles. The number of amides is 3. The van der Waals surface area contributed by atoms with E-state index in [4.69, 9.17) is 4.42 Å². The smallest absolute Gasteiger partial charge is 0.322 e. The molecule has 34 heavy (non-hydrogen) atoms. The number of piperazine rings is 1. The minimum Gasteiger partial charge on any atom is -0.463 e. The number of benzene rings is 2. The number of nitrogens with zero attached hydrogens (tertiary/aromatic N) is 2. The lowest BCUT2D eigenvalue weighted by Gasteiger charge is -2.35. The van der Waals surface area contributed by atoms with E-state index in [0.29, 0.717) is 42.2 Å². The predicted octanol–water partition coefficient (Wildman–Crippen LogP) is 4.40. The number of nitrogens with one attached hydrogen (secondary N) is 3. The summed E-state index contributed by atoms with van der Waals surface area (Å²) >= 11 is 0. The molecule has 8 nitrogen and oxygen atoms in total. The van der Waals surface area contributed by atoms with Crippen LogP contribution in [0.1, 0.15) is 22.1 Å². The molecule has 1 saturated heterocycles. The molecule has 0 radical (unpaired) electrons. The van der Waals surface area contributed by atoms with Crippen molar-refractivity contribution < 1.29 is 18.4 Å². The Morgan fingerprint density at radius 2 is 1.88 bits per heavy atom. The van der Waals surface area contributed by atoms with Crippen LogP contribution in [0.3, 0.4) is 0 Å². The van der Waals surface area contributed by atoms with Gasteiger partial charge in [-0.15, -0.1) is 0 Å². The summed E-state index contributed by atoms with van der Waals surface area (Å²) in [5.74, 6) is -0.795. The number of pyridine rings is 1. The largest absolute Gasteiger partial charge is 0.463 e. The van der Waals surface area contributed by atoms with E-state index in [0.717, 1.165) is 5.39 Å². The van der Waals surface area contributed by atoms with Crippen LogP contribution in [-0.2, 0) is 0 Å². The summed E-state index contributed by atoms with van der Waals surface area (Å²) in [4.78, 5) is 31.7. The van der Waals surface area contributed by atoms with Gasteiger partial charge < -0.3 is 25.3 Å². The zero-order valence-electron chi connectivity index (χ0n) is 18.1. The van der Waals surface area contributed by atoms with E-state index in [9.17, 15) is 14.0 Å². The summed E-state index contributed by atoms with van der Waals surface area (Å²) in [6, 6.07) is 16.1. The molecule has 172 valence electrons. The molecule has 5 rings (SSSR count). The second-order valence-electron chi connectivity index (χ2n) is 7.89. The number of para-hydroxylation sites is 2. The van der Waals surface area contributed by atoms with Gasteiger partial charge in [-0.2, -0.15) is 0 Å². The number of furan rings is 1. The first-order chi connectivity index (χ1) is 16.6. The second kappa shape index (κ2) is 9.32. The Hall–Kier alpha value is -4.24. The summed E-state index contributed by atoms with van der Waals surface area (Å²) in [5, 5.41) is 9.46. The van der Waals surface area contributed by atoms with Crippen molar-refractivity contribution in [3.05, 3.63) is 90.2 Å². The van der Waals surface area contributed by atoms with E-state index in [2.05, 4.69) is 20.9 Å². The van der Waals surface area contributed by atoms with Gasteiger partial charge in [0.1, 0.15) is 17.7 Å². The Morgan fingerprint density at radius 3 is 2.71 bits per heavy atom. The molecule has 2 aromatic heterocycles. The highest BCUT2D eigenvalue weighted by atomic mass is 19.1. The average Bonchev–Trinajstić information content (AvgIpc) is 3.30. The maximum Gasteiger partial charge on any atom is 0.322 e. The Labute approximate surface area is 194 Å². The van der Waals surface area contributed by atoms with Crippen LogP contribution in [0, 0.1) is 5.82 Å². The van der Waals surface area contributed by atoms with E-state index in [-0.39, 0.29) is 17.6 Å². The molecule has 1 unspecified atom stereocenters. The molecular formula is C25H22FN5O3. The van der Waals surface area contributed by atoms with Crippen LogP contribution in [0.2, 0.25) is 0 Å². The third kappa shape index (κ3) is 4.33. The van der Waals surface area contributed by atoms with Gasteiger partial charge >= 0.3 is 6.03 Å². The number of rotatable bonds is 4. The van der Waals surface area contributed by atoms with Crippen LogP contribution in [0.5, 0.6) is 0 Å². The lowest BCUT2D eigenvalue weighted by molar-refractivity contribution is 0.102. The fraction of sp³-hybridized carbons (Fsp3) is 0.160. The number of urea groups is 1. The number of hydrogen-bond donors (Lipinski definition) is 3. The summed E-state index contributed by atoms with van der Waals surface area (Å²) in [6.45, 7) is 1.57. The molecule has 0 saturated carbocycles. The molecule has 0 aliphatic carbocycles. The third-order valence-corrected chi connectivity index (χ3v) is 5.73. The van der Waals surface area contributed by atoms with Gasteiger partial charge in [0, 0.05) is 25.0 Å². The minimum absolute atomic E-state index is 0.127. The van der Waals surface area contributed by atoms with Crippen LogP contribution < -0.4 is 16.0 Å². The van der Waals surface area contributed by atoms with Gasteiger partial charge in [0.25, 0.3) is 5.91 Å². The molecule has 3 heterocycles.